The molecular formula is C22H15N5O2. The minimum atomic E-state index is -0.578. The first kappa shape index (κ1) is 17.9. The first-order chi connectivity index (χ1) is 14.1. The second-order valence-corrected chi connectivity index (χ2v) is 6.18. The molecule has 0 bridgehead atoms. The predicted octanol–water partition coefficient (Wildman–Crippen LogP) is 3.70. The zero-order valence-electron chi connectivity index (χ0n) is 15.2. The average molecular weight is 381 g/mol. The molecule has 0 aliphatic heterocycles. The lowest BCUT2D eigenvalue weighted by Gasteiger charge is -2.09. The number of ether oxygens (including phenoxy) is 1. The molecule has 0 aliphatic rings. The van der Waals surface area contributed by atoms with Crippen LogP contribution >= 0.6 is 0 Å². The molecule has 0 unspecified atom stereocenters. The van der Waals surface area contributed by atoms with Crippen molar-refractivity contribution < 1.29 is 9.53 Å². The standard InChI is InChI=1S/C22H15N5O2/c23-11-16-10-21(27-14-17(12-26-27)22(24)28)25-13-20(16)15-6-8-19(9-7-15)29-18-4-2-1-3-5-18/h1-10,12-14H,(H2,24,28). The molecule has 2 aromatic heterocycles. The number of hydrogen-bond donors (Lipinski definition) is 1. The lowest BCUT2D eigenvalue weighted by atomic mass is 10.0. The maximum Gasteiger partial charge on any atom is 0.251 e. The number of benzene rings is 2. The highest BCUT2D eigenvalue weighted by Gasteiger charge is 2.11. The van der Waals surface area contributed by atoms with E-state index in [9.17, 15) is 10.1 Å². The molecule has 4 aromatic rings. The molecule has 2 N–H and O–H groups in total. The normalized spacial score (nSPS) is 10.3. The summed E-state index contributed by atoms with van der Waals surface area (Å²) in [4.78, 5) is 15.6. The van der Waals surface area contributed by atoms with Gasteiger partial charge in [0, 0.05) is 24.0 Å². The number of nitrogens with two attached hydrogens (primary N) is 1. The van der Waals surface area contributed by atoms with Gasteiger partial charge in [-0.1, -0.05) is 30.3 Å². The van der Waals surface area contributed by atoms with Crippen LogP contribution in [0.15, 0.2) is 79.3 Å². The molecule has 0 spiro atoms. The van der Waals surface area contributed by atoms with Gasteiger partial charge < -0.3 is 10.5 Å². The van der Waals surface area contributed by atoms with Crippen molar-refractivity contribution in [3.8, 4) is 34.5 Å². The molecule has 29 heavy (non-hydrogen) atoms. The summed E-state index contributed by atoms with van der Waals surface area (Å²) in [6, 6.07) is 20.7. The van der Waals surface area contributed by atoms with Crippen LogP contribution in [0.4, 0.5) is 0 Å². The molecule has 2 heterocycles. The summed E-state index contributed by atoms with van der Waals surface area (Å²) in [6.45, 7) is 0. The second kappa shape index (κ2) is 7.66. The minimum Gasteiger partial charge on any atom is -0.457 e. The fraction of sp³-hybridized carbons (Fsp3) is 0. The zero-order valence-corrected chi connectivity index (χ0v) is 15.2. The Hall–Kier alpha value is -4.44. The van der Waals surface area contributed by atoms with E-state index < -0.39 is 5.91 Å². The van der Waals surface area contributed by atoms with Gasteiger partial charge in [0.05, 0.1) is 23.4 Å². The molecule has 0 fully saturated rings. The fourth-order valence-electron chi connectivity index (χ4n) is 2.79. The van der Waals surface area contributed by atoms with E-state index in [0.717, 1.165) is 11.3 Å². The Labute approximate surface area is 166 Å². The number of para-hydroxylation sites is 1. The molecule has 0 aliphatic carbocycles. The molecule has 140 valence electrons. The van der Waals surface area contributed by atoms with Crippen molar-refractivity contribution in [3.05, 3.63) is 90.4 Å². The van der Waals surface area contributed by atoms with Gasteiger partial charge in [0.2, 0.25) is 0 Å². The number of nitriles is 1. The maximum atomic E-state index is 11.2. The Morgan fingerprint density at radius 1 is 1.03 bits per heavy atom. The number of aromatic nitrogens is 3. The molecule has 0 saturated carbocycles. The van der Waals surface area contributed by atoms with Crippen LogP contribution in [-0.2, 0) is 0 Å². The van der Waals surface area contributed by atoms with Gasteiger partial charge in [0.25, 0.3) is 5.91 Å². The van der Waals surface area contributed by atoms with Crippen LogP contribution in [0, 0.1) is 11.3 Å². The lowest BCUT2D eigenvalue weighted by Crippen LogP contribution is -2.09. The number of nitrogens with zero attached hydrogens (tertiary/aromatic N) is 4. The first-order valence-corrected chi connectivity index (χ1v) is 8.72. The smallest absolute Gasteiger partial charge is 0.251 e. The Morgan fingerprint density at radius 3 is 2.41 bits per heavy atom. The van der Waals surface area contributed by atoms with Crippen molar-refractivity contribution in [1.29, 1.82) is 5.26 Å². The largest absolute Gasteiger partial charge is 0.457 e. The van der Waals surface area contributed by atoms with Gasteiger partial charge in [-0.05, 0) is 29.8 Å². The summed E-state index contributed by atoms with van der Waals surface area (Å²) >= 11 is 0. The highest BCUT2D eigenvalue weighted by molar-refractivity contribution is 5.92. The average Bonchev–Trinajstić information content (AvgIpc) is 3.25. The van der Waals surface area contributed by atoms with E-state index in [1.165, 1.54) is 17.1 Å². The molecule has 0 saturated heterocycles. The van der Waals surface area contributed by atoms with Gasteiger partial charge in [0.15, 0.2) is 5.82 Å². The third-order valence-electron chi connectivity index (χ3n) is 4.26. The van der Waals surface area contributed by atoms with E-state index in [0.29, 0.717) is 22.7 Å². The molecule has 4 rings (SSSR count). The van der Waals surface area contributed by atoms with Crippen LogP contribution in [0.25, 0.3) is 16.9 Å². The number of carbonyl (C=O) groups excluding carboxylic acids is 1. The number of amides is 1. The van der Waals surface area contributed by atoms with E-state index in [-0.39, 0.29) is 5.56 Å². The fourth-order valence-corrected chi connectivity index (χ4v) is 2.79. The van der Waals surface area contributed by atoms with E-state index in [4.69, 9.17) is 10.5 Å². The van der Waals surface area contributed by atoms with E-state index in [1.54, 1.807) is 12.3 Å². The van der Waals surface area contributed by atoms with Crippen LogP contribution in [0.3, 0.4) is 0 Å². The van der Waals surface area contributed by atoms with E-state index in [2.05, 4.69) is 16.2 Å². The third kappa shape index (κ3) is 3.82. The number of hydrogen-bond acceptors (Lipinski definition) is 5. The highest BCUT2D eigenvalue weighted by Crippen LogP contribution is 2.28. The van der Waals surface area contributed by atoms with Crippen molar-refractivity contribution in [3.63, 3.8) is 0 Å². The summed E-state index contributed by atoms with van der Waals surface area (Å²) < 4.78 is 7.20. The highest BCUT2D eigenvalue weighted by atomic mass is 16.5. The third-order valence-corrected chi connectivity index (χ3v) is 4.26. The SMILES string of the molecule is N#Cc1cc(-n2cc(C(N)=O)cn2)ncc1-c1ccc(Oc2ccccc2)cc1. The Balaban J connectivity index is 1.61. The molecule has 0 atom stereocenters. The molecule has 0 radical (unpaired) electrons. The van der Waals surface area contributed by atoms with E-state index in [1.807, 2.05) is 54.6 Å². The van der Waals surface area contributed by atoms with Crippen molar-refractivity contribution in [2.24, 2.45) is 5.73 Å². The number of rotatable bonds is 5. The van der Waals surface area contributed by atoms with Crippen LogP contribution in [0.5, 0.6) is 11.5 Å². The Morgan fingerprint density at radius 2 is 1.76 bits per heavy atom. The molecular weight excluding hydrogens is 366 g/mol. The number of pyridine rings is 1. The van der Waals surface area contributed by atoms with Crippen molar-refractivity contribution in [1.82, 2.24) is 14.8 Å². The van der Waals surface area contributed by atoms with Crippen molar-refractivity contribution in [2.75, 3.05) is 0 Å². The molecule has 7 nitrogen and oxygen atoms in total. The minimum absolute atomic E-state index is 0.267. The Bertz CT molecular complexity index is 1210. The summed E-state index contributed by atoms with van der Waals surface area (Å²) in [5.41, 5.74) is 7.46. The summed E-state index contributed by atoms with van der Waals surface area (Å²) in [6.07, 6.45) is 4.43. The quantitative estimate of drug-likeness (QED) is 0.567. The first-order valence-electron chi connectivity index (χ1n) is 8.72. The predicted molar refractivity (Wildman–Crippen MR) is 107 cm³/mol. The van der Waals surface area contributed by atoms with Gasteiger partial charge in [-0.25, -0.2) is 9.67 Å². The van der Waals surface area contributed by atoms with Crippen molar-refractivity contribution >= 4 is 5.91 Å². The van der Waals surface area contributed by atoms with E-state index >= 15 is 0 Å². The monoisotopic (exact) mass is 381 g/mol. The topological polar surface area (TPSA) is 107 Å². The van der Waals surface area contributed by atoms with Gasteiger partial charge >= 0.3 is 0 Å². The van der Waals surface area contributed by atoms with Crippen LogP contribution < -0.4 is 10.5 Å². The summed E-state index contributed by atoms with van der Waals surface area (Å²) in [7, 11) is 0. The molecule has 7 heteroatoms. The van der Waals surface area contributed by atoms with Gasteiger partial charge in [-0.2, -0.15) is 10.4 Å². The summed E-state index contributed by atoms with van der Waals surface area (Å²) in [5.74, 6) is 1.28. The van der Waals surface area contributed by atoms with Gasteiger partial charge in [0.1, 0.15) is 11.5 Å². The molecule has 2 aromatic carbocycles. The van der Waals surface area contributed by atoms with Gasteiger partial charge in [-0.15, -0.1) is 0 Å². The van der Waals surface area contributed by atoms with Crippen molar-refractivity contribution in [2.45, 2.75) is 0 Å². The van der Waals surface area contributed by atoms with Gasteiger partial charge in [-0.3, -0.25) is 4.79 Å². The Kier molecular flexibility index (Phi) is 4.74. The van der Waals surface area contributed by atoms with Crippen LogP contribution in [0.1, 0.15) is 15.9 Å². The number of carbonyl (C=O) groups is 1. The lowest BCUT2D eigenvalue weighted by molar-refractivity contribution is 0.100. The zero-order chi connectivity index (χ0) is 20.2. The number of primary amides is 1. The second-order valence-electron chi connectivity index (χ2n) is 6.18. The molecule has 1 amide bonds. The maximum absolute atomic E-state index is 11.2. The summed E-state index contributed by atoms with van der Waals surface area (Å²) in [5, 5.41) is 13.7. The van der Waals surface area contributed by atoms with Crippen LogP contribution in [-0.4, -0.2) is 20.7 Å². The van der Waals surface area contributed by atoms with Crippen LogP contribution in [0.2, 0.25) is 0 Å².